The topological polar surface area (TPSA) is 111 Å². The van der Waals surface area contributed by atoms with Crippen molar-refractivity contribution in [2.24, 2.45) is 0 Å². The van der Waals surface area contributed by atoms with Gasteiger partial charge in [0, 0.05) is 5.56 Å². The molecule has 1 aromatic heterocycles. The number of benzene rings is 2. The number of hydrogen-bond donors (Lipinski definition) is 2. The summed E-state index contributed by atoms with van der Waals surface area (Å²) in [6, 6.07) is 15.9. The van der Waals surface area contributed by atoms with Crippen molar-refractivity contribution in [1.82, 2.24) is 9.97 Å². The fourth-order valence-corrected chi connectivity index (χ4v) is 2.91. The molecule has 0 radical (unpaired) electrons. The van der Waals surface area contributed by atoms with Gasteiger partial charge in [0.15, 0.2) is 0 Å². The van der Waals surface area contributed by atoms with E-state index in [9.17, 15) is 5.26 Å². The van der Waals surface area contributed by atoms with Gasteiger partial charge >= 0.3 is 0 Å². The van der Waals surface area contributed by atoms with E-state index >= 15 is 0 Å². The van der Waals surface area contributed by atoms with Crippen molar-refractivity contribution in [1.29, 1.82) is 5.26 Å². The van der Waals surface area contributed by atoms with Crippen LogP contribution < -0.4 is 16.2 Å². The Balaban J connectivity index is 1.98. The molecule has 0 spiro atoms. The van der Waals surface area contributed by atoms with E-state index in [2.05, 4.69) is 16.0 Å². The van der Waals surface area contributed by atoms with E-state index < -0.39 is 0 Å². The van der Waals surface area contributed by atoms with Crippen LogP contribution >= 0.6 is 0 Å². The van der Waals surface area contributed by atoms with Crippen molar-refractivity contribution >= 4 is 11.8 Å². The smallest absolute Gasteiger partial charge is 0.222 e. The van der Waals surface area contributed by atoms with Gasteiger partial charge in [-0.1, -0.05) is 30.3 Å². The predicted octanol–water partition coefficient (Wildman–Crippen LogP) is 3.38. The average molecular weight is 345 g/mol. The highest BCUT2D eigenvalue weighted by Gasteiger charge is 2.17. The van der Waals surface area contributed by atoms with Gasteiger partial charge in [-0.15, -0.1) is 0 Å². The summed E-state index contributed by atoms with van der Waals surface area (Å²) in [6.45, 7) is 4.36. The van der Waals surface area contributed by atoms with E-state index in [1.807, 2.05) is 56.3 Å². The molecular weight excluding hydrogens is 326 g/mol. The van der Waals surface area contributed by atoms with Crippen LogP contribution in [0.2, 0.25) is 0 Å². The van der Waals surface area contributed by atoms with Gasteiger partial charge in [-0.25, -0.2) is 4.98 Å². The summed E-state index contributed by atoms with van der Waals surface area (Å²) < 4.78 is 5.90. The van der Waals surface area contributed by atoms with Gasteiger partial charge in [-0.2, -0.15) is 10.2 Å². The summed E-state index contributed by atoms with van der Waals surface area (Å²) in [7, 11) is 0. The van der Waals surface area contributed by atoms with Crippen LogP contribution in [0.25, 0.3) is 11.3 Å². The van der Waals surface area contributed by atoms with Gasteiger partial charge in [-0.3, -0.25) is 0 Å². The second kappa shape index (κ2) is 7.11. The fourth-order valence-electron chi connectivity index (χ4n) is 2.91. The van der Waals surface area contributed by atoms with Crippen LogP contribution in [0.1, 0.15) is 22.3 Å². The van der Waals surface area contributed by atoms with E-state index in [1.54, 1.807) is 0 Å². The van der Waals surface area contributed by atoms with Crippen LogP contribution in [0.5, 0.6) is 5.75 Å². The van der Waals surface area contributed by atoms with Crippen LogP contribution in [0, 0.1) is 25.2 Å². The summed E-state index contributed by atoms with van der Waals surface area (Å²) >= 11 is 0. The molecule has 2 aromatic carbocycles. The van der Waals surface area contributed by atoms with Crippen LogP contribution in [0.15, 0.2) is 42.5 Å². The number of aryl methyl sites for hydroxylation is 2. The normalized spacial score (nSPS) is 10.3. The average Bonchev–Trinajstić information content (AvgIpc) is 2.60. The number of ether oxygens (including phenoxy) is 1. The molecule has 0 saturated carbocycles. The Morgan fingerprint density at radius 2 is 1.69 bits per heavy atom. The lowest BCUT2D eigenvalue weighted by atomic mass is 9.96. The van der Waals surface area contributed by atoms with Gasteiger partial charge in [0.2, 0.25) is 5.95 Å². The molecule has 3 aromatic rings. The maximum Gasteiger partial charge on any atom is 0.222 e. The van der Waals surface area contributed by atoms with E-state index in [0.29, 0.717) is 12.3 Å². The zero-order chi connectivity index (χ0) is 18.7. The molecule has 0 unspecified atom stereocenters. The summed E-state index contributed by atoms with van der Waals surface area (Å²) in [6.07, 6.45) is 0. The molecule has 0 saturated heterocycles. The molecule has 0 fully saturated rings. The minimum Gasteiger partial charge on any atom is -0.489 e. The molecule has 26 heavy (non-hydrogen) atoms. The number of nitriles is 1. The van der Waals surface area contributed by atoms with Gasteiger partial charge in [0.05, 0.1) is 5.69 Å². The Labute approximate surface area is 152 Å². The van der Waals surface area contributed by atoms with Gasteiger partial charge < -0.3 is 16.2 Å². The van der Waals surface area contributed by atoms with E-state index in [1.165, 1.54) is 0 Å². The van der Waals surface area contributed by atoms with Gasteiger partial charge in [-0.05, 0) is 42.7 Å². The molecule has 6 nitrogen and oxygen atoms in total. The molecule has 0 aliphatic rings. The Hall–Kier alpha value is -3.59. The number of rotatable bonds is 4. The third kappa shape index (κ3) is 3.42. The quantitative estimate of drug-likeness (QED) is 0.750. The van der Waals surface area contributed by atoms with E-state index in [4.69, 9.17) is 16.2 Å². The first kappa shape index (κ1) is 17.2. The summed E-state index contributed by atoms with van der Waals surface area (Å²) in [5, 5.41) is 9.42. The molecule has 4 N–H and O–H groups in total. The molecular formula is C20H19N5O. The zero-order valence-corrected chi connectivity index (χ0v) is 14.7. The number of nitrogens with zero attached hydrogens (tertiary/aromatic N) is 3. The molecule has 0 amide bonds. The minimum absolute atomic E-state index is 0.0414. The molecule has 1 heterocycles. The maximum atomic E-state index is 9.42. The van der Waals surface area contributed by atoms with E-state index in [0.717, 1.165) is 28.0 Å². The van der Waals surface area contributed by atoms with E-state index in [-0.39, 0.29) is 17.3 Å². The monoisotopic (exact) mass is 345 g/mol. The Kier molecular flexibility index (Phi) is 4.72. The van der Waals surface area contributed by atoms with Crippen molar-refractivity contribution < 1.29 is 4.74 Å². The Bertz CT molecular complexity index is 970. The van der Waals surface area contributed by atoms with Crippen molar-refractivity contribution in [3.05, 3.63) is 64.7 Å². The third-order valence-corrected chi connectivity index (χ3v) is 4.06. The highest BCUT2D eigenvalue weighted by Crippen LogP contribution is 2.33. The second-order valence-corrected chi connectivity index (χ2v) is 6.01. The SMILES string of the molecule is Cc1cc(OCc2ccccc2)cc(C)c1-c1nc(N)nc(N)c1C#N. The van der Waals surface area contributed by atoms with Crippen molar-refractivity contribution in [2.75, 3.05) is 11.5 Å². The molecule has 3 rings (SSSR count). The predicted molar refractivity (Wildman–Crippen MR) is 101 cm³/mol. The largest absolute Gasteiger partial charge is 0.489 e. The highest BCUT2D eigenvalue weighted by molar-refractivity contribution is 5.78. The molecule has 130 valence electrons. The Morgan fingerprint density at radius 1 is 1.04 bits per heavy atom. The molecule has 0 atom stereocenters. The van der Waals surface area contributed by atoms with Crippen LogP contribution in [0.3, 0.4) is 0 Å². The van der Waals surface area contributed by atoms with Crippen LogP contribution in [-0.2, 0) is 6.61 Å². The van der Waals surface area contributed by atoms with Crippen molar-refractivity contribution in [3.63, 3.8) is 0 Å². The molecule has 0 aliphatic heterocycles. The van der Waals surface area contributed by atoms with Gasteiger partial charge in [0.25, 0.3) is 0 Å². The van der Waals surface area contributed by atoms with Crippen LogP contribution in [0.4, 0.5) is 11.8 Å². The van der Waals surface area contributed by atoms with Crippen LogP contribution in [-0.4, -0.2) is 9.97 Å². The Morgan fingerprint density at radius 3 is 2.31 bits per heavy atom. The third-order valence-electron chi connectivity index (χ3n) is 4.06. The first-order valence-electron chi connectivity index (χ1n) is 8.11. The fraction of sp³-hybridized carbons (Fsp3) is 0.150. The van der Waals surface area contributed by atoms with Gasteiger partial charge in [0.1, 0.15) is 29.8 Å². The standard InChI is InChI=1S/C20H19N5O/c1-12-8-15(26-11-14-6-4-3-5-7-14)9-13(2)17(12)18-16(10-21)19(22)25-20(23)24-18/h3-9H,11H2,1-2H3,(H4,22,23,24,25). The molecule has 0 bridgehead atoms. The summed E-state index contributed by atoms with van der Waals surface area (Å²) in [5.41, 5.74) is 16.0. The first-order valence-corrected chi connectivity index (χ1v) is 8.11. The molecule has 6 heteroatoms. The van der Waals surface area contributed by atoms with Crippen molar-refractivity contribution in [3.8, 4) is 23.1 Å². The number of anilines is 2. The van der Waals surface area contributed by atoms with Crippen molar-refractivity contribution in [2.45, 2.75) is 20.5 Å². The molecule has 0 aliphatic carbocycles. The highest BCUT2D eigenvalue weighted by atomic mass is 16.5. The number of hydrogen-bond acceptors (Lipinski definition) is 6. The lowest BCUT2D eigenvalue weighted by Gasteiger charge is -2.15. The summed E-state index contributed by atoms with van der Waals surface area (Å²) in [5.74, 6) is 0.874. The lowest BCUT2D eigenvalue weighted by Crippen LogP contribution is -2.06. The number of aromatic nitrogens is 2. The number of nitrogens with two attached hydrogens (primary N) is 2. The summed E-state index contributed by atoms with van der Waals surface area (Å²) in [4.78, 5) is 8.11. The minimum atomic E-state index is 0.0414. The second-order valence-electron chi connectivity index (χ2n) is 6.01. The number of nitrogen functional groups attached to an aromatic ring is 2. The first-order chi connectivity index (χ1) is 12.5. The lowest BCUT2D eigenvalue weighted by molar-refractivity contribution is 0.306. The zero-order valence-electron chi connectivity index (χ0n) is 14.7. The maximum absolute atomic E-state index is 9.42.